The minimum absolute atomic E-state index is 0.146. The van der Waals surface area contributed by atoms with Crippen LogP contribution >= 0.6 is 0 Å². The molecule has 0 aliphatic carbocycles. The number of fused-ring (bicyclic) bond motifs is 1. The van der Waals surface area contributed by atoms with Crippen LogP contribution in [0.25, 0.3) is 10.9 Å². The highest BCUT2D eigenvalue weighted by Crippen LogP contribution is 2.24. The Labute approximate surface area is 140 Å². The molecule has 2 heterocycles. The van der Waals surface area contributed by atoms with Gasteiger partial charge < -0.3 is 9.26 Å². The SMILES string of the molecule is Cc1noc(C)c1COC(=O)c1cc(C(C)C)nc2ccccc12. The fourth-order valence-corrected chi connectivity index (χ4v) is 2.58. The van der Waals surface area contributed by atoms with Gasteiger partial charge in [0.15, 0.2) is 0 Å². The molecule has 0 saturated heterocycles. The molecule has 0 spiro atoms. The topological polar surface area (TPSA) is 65.2 Å². The number of aromatic nitrogens is 2. The van der Waals surface area contributed by atoms with Crippen LogP contribution in [0.2, 0.25) is 0 Å². The third kappa shape index (κ3) is 3.02. The first-order valence-corrected chi connectivity index (χ1v) is 7.96. The Hall–Kier alpha value is -2.69. The van der Waals surface area contributed by atoms with Gasteiger partial charge in [0.25, 0.3) is 0 Å². The number of esters is 1. The number of hydrogen-bond donors (Lipinski definition) is 0. The van der Waals surface area contributed by atoms with Crippen molar-refractivity contribution < 1.29 is 14.1 Å². The van der Waals surface area contributed by atoms with Gasteiger partial charge in [-0.2, -0.15) is 0 Å². The van der Waals surface area contributed by atoms with Gasteiger partial charge in [0.2, 0.25) is 0 Å². The van der Waals surface area contributed by atoms with Crippen LogP contribution in [0.15, 0.2) is 34.9 Å². The van der Waals surface area contributed by atoms with Crippen molar-refractivity contribution in [3.63, 3.8) is 0 Å². The fourth-order valence-electron chi connectivity index (χ4n) is 2.58. The molecule has 0 fully saturated rings. The van der Waals surface area contributed by atoms with E-state index in [4.69, 9.17) is 9.26 Å². The number of carbonyl (C=O) groups is 1. The van der Waals surface area contributed by atoms with Crippen molar-refractivity contribution in [1.29, 1.82) is 0 Å². The van der Waals surface area contributed by atoms with E-state index < -0.39 is 0 Å². The van der Waals surface area contributed by atoms with E-state index in [-0.39, 0.29) is 18.5 Å². The molecule has 5 nitrogen and oxygen atoms in total. The van der Waals surface area contributed by atoms with Crippen LogP contribution in [0.5, 0.6) is 0 Å². The average molecular weight is 324 g/mol. The molecule has 0 bridgehead atoms. The molecule has 0 amide bonds. The number of hydrogen-bond acceptors (Lipinski definition) is 5. The number of aryl methyl sites for hydroxylation is 2. The second-order valence-corrected chi connectivity index (χ2v) is 6.15. The van der Waals surface area contributed by atoms with E-state index in [1.54, 1.807) is 0 Å². The molecule has 2 aromatic heterocycles. The normalized spacial score (nSPS) is 11.2. The maximum absolute atomic E-state index is 12.7. The minimum Gasteiger partial charge on any atom is -0.457 e. The van der Waals surface area contributed by atoms with E-state index in [0.29, 0.717) is 11.3 Å². The van der Waals surface area contributed by atoms with E-state index in [0.717, 1.165) is 27.9 Å². The molecule has 1 aromatic carbocycles. The van der Waals surface area contributed by atoms with E-state index in [1.807, 2.05) is 44.2 Å². The van der Waals surface area contributed by atoms with Gasteiger partial charge in [0, 0.05) is 11.1 Å². The Bertz CT molecular complexity index is 877. The number of rotatable bonds is 4. The number of pyridine rings is 1. The van der Waals surface area contributed by atoms with Crippen LogP contribution in [-0.4, -0.2) is 16.1 Å². The quantitative estimate of drug-likeness (QED) is 0.669. The summed E-state index contributed by atoms with van der Waals surface area (Å²) in [4.78, 5) is 17.3. The molecule has 0 N–H and O–H groups in total. The molecular weight excluding hydrogens is 304 g/mol. The van der Waals surface area contributed by atoms with Gasteiger partial charge in [-0.05, 0) is 31.9 Å². The average Bonchev–Trinajstić information content (AvgIpc) is 2.89. The zero-order valence-corrected chi connectivity index (χ0v) is 14.3. The summed E-state index contributed by atoms with van der Waals surface area (Å²) in [5.41, 5.74) is 3.76. The summed E-state index contributed by atoms with van der Waals surface area (Å²) in [6.45, 7) is 7.89. The van der Waals surface area contributed by atoms with E-state index >= 15 is 0 Å². The highest BCUT2D eigenvalue weighted by atomic mass is 16.5. The second-order valence-electron chi connectivity index (χ2n) is 6.15. The van der Waals surface area contributed by atoms with Crippen molar-refractivity contribution in [3.05, 3.63) is 58.6 Å². The van der Waals surface area contributed by atoms with E-state index in [1.165, 1.54) is 0 Å². The summed E-state index contributed by atoms with van der Waals surface area (Å²) in [5, 5.41) is 4.67. The van der Waals surface area contributed by atoms with Crippen LogP contribution in [0.3, 0.4) is 0 Å². The number of carbonyl (C=O) groups excluding carboxylic acids is 1. The molecular formula is C19H20N2O3. The monoisotopic (exact) mass is 324 g/mol. The Kier molecular flexibility index (Phi) is 4.34. The first-order chi connectivity index (χ1) is 11.5. The van der Waals surface area contributed by atoms with Crippen LogP contribution < -0.4 is 0 Å². The molecule has 0 saturated carbocycles. The number of benzene rings is 1. The zero-order chi connectivity index (χ0) is 17.3. The van der Waals surface area contributed by atoms with Crippen molar-refractivity contribution in [2.45, 2.75) is 40.2 Å². The smallest absolute Gasteiger partial charge is 0.339 e. The first-order valence-electron chi connectivity index (χ1n) is 7.96. The number of ether oxygens (including phenoxy) is 1. The lowest BCUT2D eigenvalue weighted by Gasteiger charge is -2.11. The predicted molar refractivity (Wildman–Crippen MR) is 90.9 cm³/mol. The second kappa shape index (κ2) is 6.43. The lowest BCUT2D eigenvalue weighted by Crippen LogP contribution is -2.09. The minimum atomic E-state index is -0.365. The molecule has 3 rings (SSSR count). The molecule has 5 heteroatoms. The summed E-state index contributed by atoms with van der Waals surface area (Å²) >= 11 is 0. The maximum Gasteiger partial charge on any atom is 0.339 e. The summed E-state index contributed by atoms with van der Waals surface area (Å²) in [6.07, 6.45) is 0. The lowest BCUT2D eigenvalue weighted by atomic mass is 10.0. The largest absolute Gasteiger partial charge is 0.457 e. The zero-order valence-electron chi connectivity index (χ0n) is 14.3. The highest BCUT2D eigenvalue weighted by molar-refractivity contribution is 6.03. The predicted octanol–water partition coefficient (Wildman–Crippen LogP) is 4.32. The Morgan fingerprint density at radius 1 is 1.25 bits per heavy atom. The summed E-state index contributed by atoms with van der Waals surface area (Å²) in [6, 6.07) is 9.43. The first kappa shape index (κ1) is 16.2. The van der Waals surface area contributed by atoms with Gasteiger partial charge in [0.1, 0.15) is 12.4 Å². The van der Waals surface area contributed by atoms with Crippen molar-refractivity contribution >= 4 is 16.9 Å². The van der Waals surface area contributed by atoms with Gasteiger partial charge in [0.05, 0.1) is 22.3 Å². The molecule has 0 aliphatic rings. The van der Waals surface area contributed by atoms with Gasteiger partial charge in [-0.15, -0.1) is 0 Å². The molecule has 0 aliphatic heterocycles. The van der Waals surface area contributed by atoms with Crippen LogP contribution in [0.1, 0.15) is 52.8 Å². The maximum atomic E-state index is 12.7. The molecule has 0 radical (unpaired) electrons. The van der Waals surface area contributed by atoms with Crippen LogP contribution in [-0.2, 0) is 11.3 Å². The molecule has 3 aromatic rings. The van der Waals surface area contributed by atoms with Gasteiger partial charge in [-0.25, -0.2) is 4.79 Å². The van der Waals surface area contributed by atoms with E-state index in [9.17, 15) is 4.79 Å². The molecule has 0 unspecified atom stereocenters. The van der Waals surface area contributed by atoms with Crippen molar-refractivity contribution in [2.24, 2.45) is 0 Å². The molecule has 124 valence electrons. The summed E-state index contributed by atoms with van der Waals surface area (Å²) in [5.74, 6) is 0.530. The van der Waals surface area contributed by atoms with Crippen LogP contribution in [0.4, 0.5) is 0 Å². The van der Waals surface area contributed by atoms with Gasteiger partial charge in [-0.3, -0.25) is 4.98 Å². The van der Waals surface area contributed by atoms with Crippen molar-refractivity contribution in [3.8, 4) is 0 Å². The summed E-state index contributed by atoms with van der Waals surface area (Å²) < 4.78 is 10.6. The fraction of sp³-hybridized carbons (Fsp3) is 0.316. The molecule has 0 atom stereocenters. The van der Waals surface area contributed by atoms with E-state index in [2.05, 4.69) is 24.0 Å². The number of nitrogens with zero attached hydrogens (tertiary/aromatic N) is 2. The Morgan fingerprint density at radius 3 is 2.67 bits per heavy atom. The van der Waals surface area contributed by atoms with Gasteiger partial charge in [-0.1, -0.05) is 37.2 Å². The Balaban J connectivity index is 1.94. The third-order valence-electron chi connectivity index (χ3n) is 4.08. The van der Waals surface area contributed by atoms with Crippen LogP contribution in [0, 0.1) is 13.8 Å². The van der Waals surface area contributed by atoms with Gasteiger partial charge >= 0.3 is 5.97 Å². The Morgan fingerprint density at radius 2 is 2.00 bits per heavy atom. The highest BCUT2D eigenvalue weighted by Gasteiger charge is 2.17. The number of para-hydroxylation sites is 1. The molecule has 24 heavy (non-hydrogen) atoms. The lowest BCUT2D eigenvalue weighted by molar-refractivity contribution is 0.0473. The van der Waals surface area contributed by atoms with Crippen molar-refractivity contribution in [2.75, 3.05) is 0 Å². The third-order valence-corrected chi connectivity index (χ3v) is 4.08. The van der Waals surface area contributed by atoms with Crippen molar-refractivity contribution in [1.82, 2.24) is 10.1 Å². The summed E-state index contributed by atoms with van der Waals surface area (Å²) in [7, 11) is 0. The standard InChI is InChI=1S/C19H20N2O3/c1-11(2)18-9-15(14-7-5-6-8-17(14)20-18)19(22)23-10-16-12(3)21-24-13(16)4/h5-9,11H,10H2,1-4H3.